The number of H-pyrrole nitrogens is 1. The van der Waals surface area contributed by atoms with Gasteiger partial charge in [-0.1, -0.05) is 12.1 Å². The molecule has 194 valence electrons. The Bertz CT molecular complexity index is 1590. The number of nitrogens with one attached hydrogen (secondary N) is 2. The zero-order valence-corrected chi connectivity index (χ0v) is 21.8. The number of aryl methyl sites for hydroxylation is 1. The Balaban J connectivity index is 1.37. The van der Waals surface area contributed by atoms with Crippen molar-refractivity contribution in [3.05, 3.63) is 59.8 Å². The van der Waals surface area contributed by atoms with E-state index >= 15 is 0 Å². The molecule has 6 rings (SSSR count). The summed E-state index contributed by atoms with van der Waals surface area (Å²) < 4.78 is 11.5. The van der Waals surface area contributed by atoms with Crippen molar-refractivity contribution in [2.75, 3.05) is 18.4 Å². The van der Waals surface area contributed by atoms with E-state index in [1.165, 1.54) is 0 Å². The summed E-state index contributed by atoms with van der Waals surface area (Å²) in [5.74, 6) is 1.44. The van der Waals surface area contributed by atoms with Gasteiger partial charge >= 0.3 is 12.1 Å². The summed E-state index contributed by atoms with van der Waals surface area (Å²) in [6.07, 6.45) is 5.73. The summed E-state index contributed by atoms with van der Waals surface area (Å²) in [5, 5.41) is 4.41. The third-order valence-corrected chi connectivity index (χ3v) is 6.55. The maximum atomic E-state index is 12.6. The number of carbonyl (C=O) groups excluding carboxylic acids is 1. The number of carbonyl (C=O) groups is 1. The molecule has 10 nitrogen and oxygen atoms in total. The van der Waals surface area contributed by atoms with Crippen molar-refractivity contribution in [2.24, 2.45) is 0 Å². The molecular formula is C28H29N7O3. The zero-order chi connectivity index (χ0) is 26.4. The number of rotatable bonds is 3. The van der Waals surface area contributed by atoms with Crippen LogP contribution in [0.3, 0.4) is 0 Å². The molecule has 2 aliphatic heterocycles. The molecule has 38 heavy (non-hydrogen) atoms. The van der Waals surface area contributed by atoms with Crippen molar-refractivity contribution in [1.29, 1.82) is 0 Å². The minimum absolute atomic E-state index is 0.296. The number of fused-ring (bicyclic) bond motifs is 2. The van der Waals surface area contributed by atoms with E-state index in [2.05, 4.69) is 42.4 Å². The van der Waals surface area contributed by atoms with Crippen LogP contribution in [0, 0.1) is 6.92 Å². The zero-order valence-electron chi connectivity index (χ0n) is 21.8. The van der Waals surface area contributed by atoms with Crippen LogP contribution < -0.4 is 10.1 Å². The first kappa shape index (κ1) is 23.9. The van der Waals surface area contributed by atoms with Gasteiger partial charge in [0.1, 0.15) is 29.1 Å². The van der Waals surface area contributed by atoms with Gasteiger partial charge in [0.15, 0.2) is 0 Å². The van der Waals surface area contributed by atoms with Gasteiger partial charge in [0.05, 0.1) is 11.1 Å². The van der Waals surface area contributed by atoms with E-state index in [9.17, 15) is 4.79 Å². The molecule has 0 bridgehead atoms. The van der Waals surface area contributed by atoms with Crippen LogP contribution >= 0.6 is 0 Å². The SMILES string of the molecule is Cc1ccnc(Oc2ccc3c(c2)CNc2ncnc4[nH]c(C5=CCN(C(=O)OC(C)(C)C)CC5)c-3c24)n1. The lowest BCUT2D eigenvalue weighted by atomic mass is 9.93. The lowest BCUT2D eigenvalue weighted by Crippen LogP contribution is -2.39. The van der Waals surface area contributed by atoms with E-state index < -0.39 is 5.60 Å². The van der Waals surface area contributed by atoms with E-state index in [1.807, 2.05) is 45.9 Å². The number of aromatic nitrogens is 5. The van der Waals surface area contributed by atoms with Gasteiger partial charge in [0, 0.05) is 37.1 Å². The minimum Gasteiger partial charge on any atom is -0.444 e. The van der Waals surface area contributed by atoms with Crippen LogP contribution in [0.25, 0.3) is 27.7 Å². The van der Waals surface area contributed by atoms with Gasteiger partial charge in [0.25, 0.3) is 0 Å². The second kappa shape index (κ2) is 9.13. The van der Waals surface area contributed by atoms with Crippen LogP contribution in [-0.4, -0.2) is 54.6 Å². The van der Waals surface area contributed by atoms with Crippen molar-refractivity contribution in [1.82, 2.24) is 29.8 Å². The molecule has 0 radical (unpaired) electrons. The number of anilines is 1. The average molecular weight is 512 g/mol. The molecule has 0 saturated carbocycles. The number of hydrogen-bond acceptors (Lipinski definition) is 8. The third-order valence-electron chi connectivity index (χ3n) is 6.55. The van der Waals surface area contributed by atoms with Crippen LogP contribution in [0.1, 0.15) is 44.1 Å². The summed E-state index contributed by atoms with van der Waals surface area (Å²) in [6.45, 7) is 9.16. The largest absolute Gasteiger partial charge is 0.444 e. The van der Waals surface area contributed by atoms with Crippen LogP contribution in [0.4, 0.5) is 10.6 Å². The molecule has 3 aromatic heterocycles. The minimum atomic E-state index is -0.527. The van der Waals surface area contributed by atoms with Gasteiger partial charge in [-0.15, -0.1) is 0 Å². The number of aromatic amines is 1. The first-order valence-electron chi connectivity index (χ1n) is 12.6. The Morgan fingerprint density at radius 3 is 2.76 bits per heavy atom. The molecule has 2 N–H and O–H groups in total. The average Bonchev–Trinajstić information content (AvgIpc) is 3.18. The topological polar surface area (TPSA) is 118 Å². The maximum absolute atomic E-state index is 12.6. The fourth-order valence-electron chi connectivity index (χ4n) is 4.84. The Hall–Kier alpha value is -4.47. The molecular weight excluding hydrogens is 482 g/mol. The fraction of sp³-hybridized carbons (Fsp3) is 0.321. The maximum Gasteiger partial charge on any atom is 0.410 e. The van der Waals surface area contributed by atoms with E-state index in [4.69, 9.17) is 9.47 Å². The van der Waals surface area contributed by atoms with Gasteiger partial charge in [0.2, 0.25) is 0 Å². The number of nitrogens with zero attached hydrogens (tertiary/aromatic N) is 5. The number of hydrogen-bond donors (Lipinski definition) is 2. The lowest BCUT2D eigenvalue weighted by molar-refractivity contribution is 0.0270. The molecule has 1 amide bonds. The number of amides is 1. The van der Waals surface area contributed by atoms with Crippen LogP contribution in [-0.2, 0) is 11.3 Å². The Morgan fingerprint density at radius 1 is 1.13 bits per heavy atom. The van der Waals surface area contributed by atoms with Crippen LogP contribution in [0.2, 0.25) is 0 Å². The van der Waals surface area contributed by atoms with Gasteiger partial charge in [-0.2, -0.15) is 0 Å². The molecule has 0 unspecified atom stereocenters. The predicted octanol–water partition coefficient (Wildman–Crippen LogP) is 5.47. The first-order valence-corrected chi connectivity index (χ1v) is 12.6. The van der Waals surface area contributed by atoms with E-state index in [1.54, 1.807) is 17.4 Å². The highest BCUT2D eigenvalue weighted by atomic mass is 16.6. The highest BCUT2D eigenvalue weighted by Crippen LogP contribution is 2.44. The molecule has 0 aliphatic carbocycles. The second-order valence-electron chi connectivity index (χ2n) is 10.5. The van der Waals surface area contributed by atoms with Crippen molar-refractivity contribution >= 4 is 28.5 Å². The van der Waals surface area contributed by atoms with Gasteiger partial charge in [-0.25, -0.2) is 24.7 Å². The Labute approximate surface area is 220 Å². The van der Waals surface area contributed by atoms with Gasteiger partial charge < -0.3 is 24.7 Å². The molecule has 2 aliphatic rings. The van der Waals surface area contributed by atoms with Crippen molar-refractivity contribution in [2.45, 2.75) is 46.3 Å². The Kier molecular flexibility index (Phi) is 5.74. The molecule has 0 fully saturated rings. The summed E-state index contributed by atoms with van der Waals surface area (Å²) in [4.78, 5) is 35.5. The van der Waals surface area contributed by atoms with E-state index in [-0.39, 0.29) is 6.09 Å². The van der Waals surface area contributed by atoms with E-state index in [0.29, 0.717) is 37.8 Å². The monoisotopic (exact) mass is 511 g/mol. The normalized spacial score (nSPS) is 14.8. The number of ether oxygens (including phenoxy) is 2. The first-order chi connectivity index (χ1) is 18.2. The smallest absolute Gasteiger partial charge is 0.410 e. The summed E-state index contributed by atoms with van der Waals surface area (Å²) in [7, 11) is 0. The lowest BCUT2D eigenvalue weighted by Gasteiger charge is -2.29. The van der Waals surface area contributed by atoms with Crippen molar-refractivity contribution < 1.29 is 14.3 Å². The molecule has 0 saturated heterocycles. The Morgan fingerprint density at radius 2 is 2.00 bits per heavy atom. The quantitative estimate of drug-likeness (QED) is 0.372. The third kappa shape index (κ3) is 4.53. The van der Waals surface area contributed by atoms with Gasteiger partial charge in [-0.05, 0) is 69.0 Å². The molecule has 4 aromatic rings. The van der Waals surface area contributed by atoms with Gasteiger partial charge in [-0.3, -0.25) is 0 Å². The summed E-state index contributed by atoms with van der Waals surface area (Å²) in [5.41, 5.74) is 6.38. The highest BCUT2D eigenvalue weighted by Gasteiger charge is 2.28. The second-order valence-corrected chi connectivity index (χ2v) is 10.5. The van der Waals surface area contributed by atoms with Crippen LogP contribution in [0.15, 0.2) is 42.9 Å². The summed E-state index contributed by atoms with van der Waals surface area (Å²) >= 11 is 0. The van der Waals surface area contributed by atoms with Crippen LogP contribution in [0.5, 0.6) is 11.8 Å². The predicted molar refractivity (Wildman–Crippen MR) is 144 cm³/mol. The molecule has 10 heteroatoms. The molecule has 0 atom stereocenters. The standard InChI is InChI=1S/C28H29N7O3/c1-16-7-10-29-26(33-16)37-19-5-6-20-18(13-19)14-30-24-22-21(20)23(34-25(22)32-15-31-24)17-8-11-35(12-9-17)27(36)38-28(2,3)4/h5-8,10,13,15H,9,11-12,14H2,1-4H3,(H2,30,31,32,34). The van der Waals surface area contributed by atoms with Crippen molar-refractivity contribution in [3.8, 4) is 22.9 Å². The fourth-order valence-corrected chi connectivity index (χ4v) is 4.84. The molecule has 1 aromatic carbocycles. The van der Waals surface area contributed by atoms with Crippen molar-refractivity contribution in [3.63, 3.8) is 0 Å². The molecule has 0 spiro atoms. The molecule has 5 heterocycles. The van der Waals surface area contributed by atoms with E-state index in [0.717, 1.165) is 50.5 Å². The highest BCUT2D eigenvalue weighted by molar-refractivity contribution is 6.07. The summed E-state index contributed by atoms with van der Waals surface area (Å²) in [6, 6.07) is 8.15. The number of benzene rings is 1.